The van der Waals surface area contributed by atoms with Gasteiger partial charge in [0.15, 0.2) is 0 Å². The van der Waals surface area contributed by atoms with Crippen molar-refractivity contribution in [1.82, 2.24) is 10.3 Å². The smallest absolute Gasteiger partial charge is 0.239 e. The summed E-state index contributed by atoms with van der Waals surface area (Å²) in [6, 6.07) is 3.98. The lowest BCUT2D eigenvalue weighted by Crippen LogP contribution is -2.40. The van der Waals surface area contributed by atoms with Crippen LogP contribution in [0.1, 0.15) is 26.5 Å². The molecular formula is C13H22N4O. The summed E-state index contributed by atoms with van der Waals surface area (Å²) in [5, 5.41) is 2.88. The first-order valence-electron chi connectivity index (χ1n) is 6.26. The first-order valence-corrected chi connectivity index (χ1v) is 6.26. The maximum Gasteiger partial charge on any atom is 0.239 e. The highest BCUT2D eigenvalue weighted by Gasteiger charge is 2.11. The van der Waals surface area contributed by atoms with Gasteiger partial charge in [0.1, 0.15) is 0 Å². The van der Waals surface area contributed by atoms with Gasteiger partial charge in [-0.25, -0.2) is 0 Å². The molecule has 1 heterocycles. The molecule has 0 saturated carbocycles. The maximum atomic E-state index is 11.8. The average molecular weight is 250 g/mol. The van der Waals surface area contributed by atoms with Gasteiger partial charge in [0, 0.05) is 31.0 Å². The Hall–Kier alpha value is -1.62. The third-order valence-corrected chi connectivity index (χ3v) is 2.54. The van der Waals surface area contributed by atoms with Gasteiger partial charge in [-0.05, 0) is 32.9 Å². The molecule has 0 bridgehead atoms. The van der Waals surface area contributed by atoms with Crippen molar-refractivity contribution < 1.29 is 4.79 Å². The maximum absolute atomic E-state index is 11.8. The molecule has 0 saturated heterocycles. The Balaban J connectivity index is 2.73. The third kappa shape index (κ3) is 4.33. The molecule has 100 valence electrons. The normalized spacial score (nSPS) is 10.5. The molecule has 1 rings (SSSR count). The SMILES string of the molecule is CCN(CC(=O)NC(C)C)c1ccnc(CN)c1. The Morgan fingerprint density at radius 2 is 2.28 bits per heavy atom. The van der Waals surface area contributed by atoms with Crippen LogP contribution in [0.3, 0.4) is 0 Å². The minimum atomic E-state index is 0.0259. The number of carbonyl (C=O) groups excluding carboxylic acids is 1. The minimum absolute atomic E-state index is 0.0259. The second-order valence-electron chi connectivity index (χ2n) is 4.45. The fraction of sp³-hybridized carbons (Fsp3) is 0.538. The van der Waals surface area contributed by atoms with Crippen LogP contribution >= 0.6 is 0 Å². The lowest BCUT2D eigenvalue weighted by Gasteiger charge is -2.23. The molecule has 1 amide bonds. The quantitative estimate of drug-likeness (QED) is 0.786. The third-order valence-electron chi connectivity index (χ3n) is 2.54. The molecule has 0 unspecified atom stereocenters. The molecule has 0 radical (unpaired) electrons. The van der Waals surface area contributed by atoms with Gasteiger partial charge >= 0.3 is 0 Å². The first kappa shape index (κ1) is 14.4. The zero-order chi connectivity index (χ0) is 13.5. The van der Waals surface area contributed by atoms with Crippen molar-refractivity contribution in [2.24, 2.45) is 5.73 Å². The average Bonchev–Trinajstić information content (AvgIpc) is 2.35. The molecule has 0 aliphatic rings. The summed E-state index contributed by atoms with van der Waals surface area (Å²) in [4.78, 5) is 17.9. The topological polar surface area (TPSA) is 71.2 Å². The number of aromatic nitrogens is 1. The van der Waals surface area contributed by atoms with Crippen molar-refractivity contribution in [2.75, 3.05) is 18.0 Å². The molecule has 1 aromatic heterocycles. The number of hydrogen-bond acceptors (Lipinski definition) is 4. The zero-order valence-electron chi connectivity index (χ0n) is 11.3. The second-order valence-corrected chi connectivity index (χ2v) is 4.45. The van der Waals surface area contributed by atoms with E-state index in [-0.39, 0.29) is 11.9 Å². The van der Waals surface area contributed by atoms with Crippen molar-refractivity contribution in [1.29, 1.82) is 0 Å². The van der Waals surface area contributed by atoms with Crippen molar-refractivity contribution in [3.05, 3.63) is 24.0 Å². The Morgan fingerprint density at radius 1 is 1.56 bits per heavy atom. The summed E-state index contributed by atoms with van der Waals surface area (Å²) in [6.07, 6.45) is 1.72. The molecule has 3 N–H and O–H groups in total. The van der Waals surface area contributed by atoms with Gasteiger partial charge in [-0.1, -0.05) is 0 Å². The summed E-state index contributed by atoms with van der Waals surface area (Å²) >= 11 is 0. The van der Waals surface area contributed by atoms with Crippen LogP contribution in [0.15, 0.2) is 18.3 Å². The van der Waals surface area contributed by atoms with Crippen molar-refractivity contribution in [2.45, 2.75) is 33.4 Å². The number of hydrogen-bond donors (Lipinski definition) is 2. The van der Waals surface area contributed by atoms with Crippen LogP contribution in [0.2, 0.25) is 0 Å². The van der Waals surface area contributed by atoms with Crippen molar-refractivity contribution in [3.63, 3.8) is 0 Å². The number of carbonyl (C=O) groups is 1. The van der Waals surface area contributed by atoms with Crippen LogP contribution in [0, 0.1) is 0 Å². The number of rotatable bonds is 6. The number of amides is 1. The fourth-order valence-corrected chi connectivity index (χ4v) is 1.70. The van der Waals surface area contributed by atoms with Crippen LogP contribution < -0.4 is 16.0 Å². The molecule has 18 heavy (non-hydrogen) atoms. The van der Waals surface area contributed by atoms with Gasteiger partial charge in [-0.15, -0.1) is 0 Å². The number of nitrogens with one attached hydrogen (secondary N) is 1. The molecule has 0 fully saturated rings. The van der Waals surface area contributed by atoms with Crippen LogP contribution in [-0.2, 0) is 11.3 Å². The highest BCUT2D eigenvalue weighted by molar-refractivity contribution is 5.81. The predicted octanol–water partition coefficient (Wildman–Crippen LogP) is 0.891. The monoisotopic (exact) mass is 250 g/mol. The summed E-state index contributed by atoms with van der Waals surface area (Å²) in [7, 11) is 0. The number of likely N-dealkylation sites (N-methyl/N-ethyl adjacent to an activating group) is 1. The van der Waals surface area contributed by atoms with Crippen molar-refractivity contribution in [3.8, 4) is 0 Å². The van der Waals surface area contributed by atoms with E-state index in [1.54, 1.807) is 6.20 Å². The van der Waals surface area contributed by atoms with Gasteiger partial charge < -0.3 is 16.0 Å². The molecule has 0 aliphatic heterocycles. The molecule has 1 aromatic rings. The first-order chi connectivity index (χ1) is 8.56. The fourth-order valence-electron chi connectivity index (χ4n) is 1.70. The highest BCUT2D eigenvalue weighted by atomic mass is 16.2. The van der Waals surface area contributed by atoms with E-state index >= 15 is 0 Å². The van der Waals surface area contributed by atoms with Gasteiger partial charge in [-0.2, -0.15) is 0 Å². The lowest BCUT2D eigenvalue weighted by molar-refractivity contribution is -0.120. The molecule has 0 spiro atoms. The van der Waals surface area contributed by atoms with Gasteiger partial charge in [0.05, 0.1) is 12.2 Å². The number of nitrogens with two attached hydrogens (primary N) is 1. The largest absolute Gasteiger partial charge is 0.362 e. The van der Waals surface area contributed by atoms with E-state index in [0.717, 1.165) is 17.9 Å². The van der Waals surface area contributed by atoms with Crippen molar-refractivity contribution >= 4 is 11.6 Å². The standard InChI is InChI=1S/C13H22N4O/c1-4-17(9-13(18)16-10(2)3)12-5-6-15-11(7-12)8-14/h5-7,10H,4,8-9,14H2,1-3H3,(H,16,18). The number of pyridine rings is 1. The molecule has 0 aliphatic carbocycles. The van der Waals surface area contributed by atoms with Gasteiger partial charge in [0.25, 0.3) is 0 Å². The van der Waals surface area contributed by atoms with Crippen LogP contribution in [0.4, 0.5) is 5.69 Å². The van der Waals surface area contributed by atoms with Gasteiger partial charge in [0.2, 0.25) is 5.91 Å². The second kappa shape index (κ2) is 6.96. The summed E-state index contributed by atoms with van der Waals surface area (Å²) in [6.45, 7) is 7.44. The van der Waals surface area contributed by atoms with Crippen LogP contribution in [0.5, 0.6) is 0 Å². The molecule has 0 atom stereocenters. The Morgan fingerprint density at radius 3 is 2.83 bits per heavy atom. The minimum Gasteiger partial charge on any atom is -0.362 e. The Labute approximate surface area is 108 Å². The van der Waals surface area contributed by atoms with E-state index in [1.165, 1.54) is 0 Å². The van der Waals surface area contributed by atoms with E-state index in [9.17, 15) is 4.79 Å². The molecule has 5 nitrogen and oxygen atoms in total. The van der Waals surface area contributed by atoms with E-state index < -0.39 is 0 Å². The summed E-state index contributed by atoms with van der Waals surface area (Å²) in [5.74, 6) is 0.0259. The summed E-state index contributed by atoms with van der Waals surface area (Å²) < 4.78 is 0. The van der Waals surface area contributed by atoms with E-state index in [4.69, 9.17) is 5.73 Å². The number of nitrogens with zero attached hydrogens (tertiary/aromatic N) is 2. The number of anilines is 1. The van der Waals surface area contributed by atoms with Crippen LogP contribution in [0.25, 0.3) is 0 Å². The van der Waals surface area contributed by atoms with E-state index in [1.807, 2.05) is 37.8 Å². The molecular weight excluding hydrogens is 228 g/mol. The summed E-state index contributed by atoms with van der Waals surface area (Å²) in [5.41, 5.74) is 7.37. The van der Waals surface area contributed by atoms with E-state index in [2.05, 4.69) is 10.3 Å². The Kier molecular flexibility index (Phi) is 5.58. The van der Waals surface area contributed by atoms with E-state index in [0.29, 0.717) is 13.1 Å². The lowest BCUT2D eigenvalue weighted by atomic mass is 10.2. The Bertz CT molecular complexity index is 392. The highest BCUT2D eigenvalue weighted by Crippen LogP contribution is 2.13. The molecule has 0 aromatic carbocycles. The van der Waals surface area contributed by atoms with Crippen LogP contribution in [-0.4, -0.2) is 30.0 Å². The van der Waals surface area contributed by atoms with Gasteiger partial charge in [-0.3, -0.25) is 9.78 Å². The predicted molar refractivity (Wildman–Crippen MR) is 73.3 cm³/mol. The molecule has 5 heteroatoms. The zero-order valence-corrected chi connectivity index (χ0v) is 11.3.